The fourth-order valence-electron chi connectivity index (χ4n) is 2.28. The van der Waals surface area contributed by atoms with Crippen LogP contribution in [-0.4, -0.2) is 33.8 Å². The maximum Gasteiger partial charge on any atom is 0.248 e. The lowest BCUT2D eigenvalue weighted by Gasteiger charge is -2.10. The minimum atomic E-state index is -0.328. The Kier molecular flexibility index (Phi) is 7.08. The van der Waals surface area contributed by atoms with Gasteiger partial charge in [-0.05, 0) is 35.9 Å². The summed E-state index contributed by atoms with van der Waals surface area (Å²) in [6.45, 7) is -0.0731. The molecule has 0 saturated carbocycles. The molecule has 2 aromatic carbocycles. The second-order valence-corrected chi connectivity index (χ2v) is 5.25. The molecule has 0 spiro atoms. The van der Waals surface area contributed by atoms with Gasteiger partial charge in [0.05, 0.1) is 27.0 Å². The summed E-state index contributed by atoms with van der Waals surface area (Å²) in [5.41, 5.74) is 1.24. The van der Waals surface area contributed by atoms with Gasteiger partial charge in [-0.1, -0.05) is 6.07 Å². The van der Waals surface area contributed by atoms with E-state index in [0.717, 1.165) is 5.56 Å². The second-order valence-electron chi connectivity index (χ2n) is 5.25. The number of anilines is 1. The molecule has 2 aromatic rings. The van der Waals surface area contributed by atoms with Crippen molar-refractivity contribution in [1.82, 2.24) is 0 Å². The first-order valence-electron chi connectivity index (χ1n) is 8.00. The summed E-state index contributed by atoms with van der Waals surface area (Å²) in [4.78, 5) is 12.2. The Morgan fingerprint density at radius 3 is 2.44 bits per heavy atom. The van der Waals surface area contributed by atoms with Gasteiger partial charge < -0.3 is 24.3 Å². The standard InChI is InChI=1S/C20H20N2O5/c1-24-15-6-8-17(25-2)16(13-15)22-20(23)9-5-14-4-7-18(27-11-10-21)19(12-14)26-3/h4-9,12-13H,11H2,1-3H3,(H,22,23)/b9-5+. The Morgan fingerprint density at radius 1 is 1.04 bits per heavy atom. The van der Waals surface area contributed by atoms with Gasteiger partial charge in [0.25, 0.3) is 0 Å². The van der Waals surface area contributed by atoms with E-state index in [1.54, 1.807) is 49.6 Å². The van der Waals surface area contributed by atoms with Gasteiger partial charge in [0.15, 0.2) is 18.1 Å². The van der Waals surface area contributed by atoms with Crippen molar-refractivity contribution in [2.24, 2.45) is 0 Å². The lowest BCUT2D eigenvalue weighted by molar-refractivity contribution is -0.111. The van der Waals surface area contributed by atoms with Crippen molar-refractivity contribution >= 4 is 17.7 Å². The summed E-state index contributed by atoms with van der Waals surface area (Å²) >= 11 is 0. The van der Waals surface area contributed by atoms with Crippen LogP contribution in [0.5, 0.6) is 23.0 Å². The molecule has 27 heavy (non-hydrogen) atoms. The van der Waals surface area contributed by atoms with Crippen molar-refractivity contribution in [2.75, 3.05) is 33.3 Å². The van der Waals surface area contributed by atoms with Gasteiger partial charge in [-0.15, -0.1) is 0 Å². The summed E-state index contributed by atoms with van der Waals surface area (Å²) in [5, 5.41) is 11.3. The van der Waals surface area contributed by atoms with Crippen LogP contribution in [0.25, 0.3) is 6.08 Å². The number of benzene rings is 2. The predicted molar refractivity (Wildman–Crippen MR) is 101 cm³/mol. The normalized spacial score (nSPS) is 10.1. The highest BCUT2D eigenvalue weighted by Gasteiger charge is 2.08. The van der Waals surface area contributed by atoms with Gasteiger partial charge >= 0.3 is 0 Å². The van der Waals surface area contributed by atoms with Crippen molar-refractivity contribution in [2.45, 2.75) is 0 Å². The van der Waals surface area contributed by atoms with Crippen LogP contribution in [0, 0.1) is 11.3 Å². The summed E-state index contributed by atoms with van der Waals surface area (Å²) in [7, 11) is 4.57. The molecule has 0 radical (unpaired) electrons. The Hall–Kier alpha value is -3.66. The SMILES string of the molecule is COc1ccc(OC)c(NC(=O)/C=C/c2ccc(OCC#N)c(OC)c2)c1. The van der Waals surface area contributed by atoms with Crippen molar-refractivity contribution in [3.05, 3.63) is 48.0 Å². The van der Waals surface area contributed by atoms with Gasteiger partial charge in [0.1, 0.15) is 17.6 Å². The topological polar surface area (TPSA) is 89.8 Å². The van der Waals surface area contributed by atoms with Crippen molar-refractivity contribution in [1.29, 1.82) is 5.26 Å². The van der Waals surface area contributed by atoms with E-state index in [-0.39, 0.29) is 12.5 Å². The van der Waals surface area contributed by atoms with E-state index in [0.29, 0.717) is 28.7 Å². The molecule has 0 aliphatic heterocycles. The number of nitriles is 1. The first-order valence-corrected chi connectivity index (χ1v) is 8.00. The predicted octanol–water partition coefficient (Wildman–Crippen LogP) is 3.27. The van der Waals surface area contributed by atoms with Gasteiger partial charge in [0.2, 0.25) is 5.91 Å². The molecule has 0 atom stereocenters. The van der Waals surface area contributed by atoms with E-state index in [9.17, 15) is 4.79 Å². The lowest BCUT2D eigenvalue weighted by atomic mass is 10.2. The number of amides is 1. The average molecular weight is 368 g/mol. The Balaban J connectivity index is 2.12. The molecule has 0 fully saturated rings. The molecule has 1 amide bonds. The Bertz CT molecular complexity index is 871. The van der Waals surface area contributed by atoms with E-state index in [2.05, 4.69) is 5.32 Å². The molecule has 0 bridgehead atoms. The van der Waals surface area contributed by atoms with Gasteiger partial charge in [-0.2, -0.15) is 5.26 Å². The molecular formula is C20H20N2O5. The third-order valence-corrected chi connectivity index (χ3v) is 3.57. The fraction of sp³-hybridized carbons (Fsp3) is 0.200. The van der Waals surface area contributed by atoms with E-state index < -0.39 is 0 Å². The minimum absolute atomic E-state index is 0.0731. The number of nitrogens with zero attached hydrogens (tertiary/aromatic N) is 1. The lowest BCUT2D eigenvalue weighted by Crippen LogP contribution is -2.09. The zero-order valence-corrected chi connectivity index (χ0v) is 15.3. The first-order chi connectivity index (χ1) is 13.1. The third kappa shape index (κ3) is 5.41. The van der Waals surface area contributed by atoms with E-state index >= 15 is 0 Å². The summed E-state index contributed by atoms with van der Waals surface area (Å²) in [5.74, 6) is 1.74. The molecule has 7 nitrogen and oxygen atoms in total. The van der Waals surface area contributed by atoms with Crippen LogP contribution in [0.15, 0.2) is 42.5 Å². The highest BCUT2D eigenvalue weighted by atomic mass is 16.5. The molecule has 0 heterocycles. The summed E-state index contributed by atoms with van der Waals surface area (Å²) < 4.78 is 20.9. The van der Waals surface area contributed by atoms with E-state index in [1.807, 2.05) is 6.07 Å². The molecule has 7 heteroatoms. The smallest absolute Gasteiger partial charge is 0.248 e. The average Bonchev–Trinajstić information content (AvgIpc) is 2.70. The molecule has 0 unspecified atom stereocenters. The monoisotopic (exact) mass is 368 g/mol. The number of carbonyl (C=O) groups is 1. The van der Waals surface area contributed by atoms with Crippen molar-refractivity contribution in [3.8, 4) is 29.1 Å². The molecular weight excluding hydrogens is 348 g/mol. The van der Waals surface area contributed by atoms with Crippen LogP contribution >= 0.6 is 0 Å². The maximum atomic E-state index is 12.2. The molecule has 0 aliphatic carbocycles. The number of methoxy groups -OCH3 is 3. The molecule has 140 valence electrons. The third-order valence-electron chi connectivity index (χ3n) is 3.57. The van der Waals surface area contributed by atoms with Crippen LogP contribution in [-0.2, 0) is 4.79 Å². The fourth-order valence-corrected chi connectivity index (χ4v) is 2.28. The van der Waals surface area contributed by atoms with Crippen LogP contribution in [0.4, 0.5) is 5.69 Å². The van der Waals surface area contributed by atoms with E-state index in [1.165, 1.54) is 20.3 Å². The second kappa shape index (κ2) is 9.73. The summed E-state index contributed by atoms with van der Waals surface area (Å²) in [6, 6.07) is 12.2. The minimum Gasteiger partial charge on any atom is -0.497 e. The van der Waals surface area contributed by atoms with Crippen LogP contribution in [0.1, 0.15) is 5.56 Å². The van der Waals surface area contributed by atoms with Crippen molar-refractivity contribution < 1.29 is 23.7 Å². The molecule has 1 N–H and O–H groups in total. The van der Waals surface area contributed by atoms with Crippen molar-refractivity contribution in [3.63, 3.8) is 0 Å². The van der Waals surface area contributed by atoms with Gasteiger partial charge in [-0.3, -0.25) is 4.79 Å². The molecule has 2 rings (SSSR count). The summed E-state index contributed by atoms with van der Waals surface area (Å²) in [6.07, 6.45) is 3.03. The van der Waals surface area contributed by atoms with Crippen LogP contribution in [0.3, 0.4) is 0 Å². The highest BCUT2D eigenvalue weighted by molar-refractivity contribution is 6.02. The van der Waals surface area contributed by atoms with Gasteiger partial charge in [0, 0.05) is 12.1 Å². The van der Waals surface area contributed by atoms with Crippen LogP contribution < -0.4 is 24.3 Å². The number of carbonyl (C=O) groups excluding carboxylic acids is 1. The molecule has 0 aromatic heterocycles. The number of ether oxygens (including phenoxy) is 4. The number of nitrogens with one attached hydrogen (secondary N) is 1. The first kappa shape index (κ1) is 19.7. The van der Waals surface area contributed by atoms with Gasteiger partial charge in [-0.25, -0.2) is 0 Å². The zero-order chi connectivity index (χ0) is 19.6. The number of hydrogen-bond donors (Lipinski definition) is 1. The molecule has 0 aliphatic rings. The molecule has 0 saturated heterocycles. The Labute approximate surface area is 157 Å². The zero-order valence-electron chi connectivity index (χ0n) is 15.3. The highest BCUT2D eigenvalue weighted by Crippen LogP contribution is 2.30. The number of hydrogen-bond acceptors (Lipinski definition) is 6. The van der Waals surface area contributed by atoms with E-state index in [4.69, 9.17) is 24.2 Å². The quantitative estimate of drug-likeness (QED) is 0.719. The largest absolute Gasteiger partial charge is 0.497 e. The Morgan fingerprint density at radius 2 is 1.78 bits per heavy atom. The van der Waals surface area contributed by atoms with Crippen LogP contribution in [0.2, 0.25) is 0 Å². The number of rotatable bonds is 8. The maximum absolute atomic E-state index is 12.2.